The lowest BCUT2D eigenvalue weighted by Crippen LogP contribution is -2.52. The first-order valence-corrected chi connectivity index (χ1v) is 9.28. The Hall–Kier alpha value is -2.29. The Balaban J connectivity index is 1.53. The summed E-state index contributed by atoms with van der Waals surface area (Å²) in [6.07, 6.45) is 1.34. The third-order valence-corrected chi connectivity index (χ3v) is 5.85. The molecule has 8 heteroatoms. The first-order valence-electron chi connectivity index (χ1n) is 9.28. The highest BCUT2D eigenvalue weighted by Crippen LogP contribution is 2.31. The van der Waals surface area contributed by atoms with Crippen LogP contribution in [-0.2, 0) is 22.7 Å². The highest BCUT2D eigenvalue weighted by molar-refractivity contribution is 6.05. The molecule has 8 nitrogen and oxygen atoms in total. The van der Waals surface area contributed by atoms with Crippen LogP contribution in [0.5, 0.6) is 0 Å². The summed E-state index contributed by atoms with van der Waals surface area (Å²) in [5.74, 6) is -0.847. The number of likely N-dealkylation sites (tertiary alicyclic amines) is 1. The van der Waals surface area contributed by atoms with Crippen LogP contribution in [0.2, 0.25) is 0 Å². The third-order valence-electron chi connectivity index (χ3n) is 5.85. The van der Waals surface area contributed by atoms with E-state index in [1.807, 2.05) is 12.1 Å². The number of nitrogens with two attached hydrogens (primary N) is 1. The molecule has 0 radical (unpaired) electrons. The monoisotopic (exact) mass is 372 g/mol. The van der Waals surface area contributed by atoms with Crippen molar-refractivity contribution in [2.75, 3.05) is 19.7 Å². The van der Waals surface area contributed by atoms with E-state index in [2.05, 4.69) is 10.2 Å². The number of piperidine rings is 1. The van der Waals surface area contributed by atoms with E-state index < -0.39 is 17.5 Å². The van der Waals surface area contributed by atoms with Crippen molar-refractivity contribution < 1.29 is 19.5 Å². The van der Waals surface area contributed by atoms with Crippen LogP contribution in [0.15, 0.2) is 18.2 Å². The van der Waals surface area contributed by atoms with E-state index in [9.17, 15) is 19.5 Å². The Labute approximate surface area is 157 Å². The lowest BCUT2D eigenvalue weighted by atomic mass is 10.0. The lowest BCUT2D eigenvalue weighted by Gasteiger charge is -2.29. The van der Waals surface area contributed by atoms with Crippen molar-refractivity contribution in [3.8, 4) is 0 Å². The summed E-state index contributed by atoms with van der Waals surface area (Å²) >= 11 is 0. The number of fused-ring (bicyclic) bond motifs is 1. The third kappa shape index (κ3) is 3.24. The molecule has 0 saturated carbocycles. The normalized spacial score (nSPS) is 28.6. The van der Waals surface area contributed by atoms with Gasteiger partial charge in [-0.05, 0) is 30.0 Å². The summed E-state index contributed by atoms with van der Waals surface area (Å²) in [4.78, 5) is 40.2. The maximum atomic E-state index is 12.9. The fourth-order valence-corrected chi connectivity index (χ4v) is 4.29. The number of imide groups is 1. The molecular weight excluding hydrogens is 348 g/mol. The van der Waals surface area contributed by atoms with Gasteiger partial charge in [0.05, 0.1) is 12.1 Å². The van der Waals surface area contributed by atoms with E-state index in [0.717, 1.165) is 24.1 Å². The molecule has 0 aromatic heterocycles. The van der Waals surface area contributed by atoms with Gasteiger partial charge in [-0.2, -0.15) is 0 Å². The fourth-order valence-electron chi connectivity index (χ4n) is 4.29. The van der Waals surface area contributed by atoms with Gasteiger partial charge in [0.2, 0.25) is 11.8 Å². The summed E-state index contributed by atoms with van der Waals surface area (Å²) in [5, 5.41) is 11.8. The zero-order chi connectivity index (χ0) is 19.2. The Morgan fingerprint density at radius 1 is 1.30 bits per heavy atom. The second kappa shape index (κ2) is 6.70. The average Bonchev–Trinajstić information content (AvgIpc) is 3.17. The minimum atomic E-state index is -0.603. The minimum Gasteiger partial charge on any atom is -0.394 e. The van der Waals surface area contributed by atoms with Gasteiger partial charge in [-0.25, -0.2) is 0 Å². The highest BCUT2D eigenvalue weighted by Gasteiger charge is 2.40. The SMILES string of the molecule is NC1(CO)CCN(Cc2cccc3c2CN(C2CCC(=O)NC2=O)C3=O)C1. The van der Waals surface area contributed by atoms with Crippen LogP contribution in [0.1, 0.15) is 40.7 Å². The molecule has 3 heterocycles. The smallest absolute Gasteiger partial charge is 0.255 e. The Morgan fingerprint density at radius 2 is 2.11 bits per heavy atom. The number of rotatable bonds is 4. The minimum absolute atomic E-state index is 0.0435. The molecule has 27 heavy (non-hydrogen) atoms. The topological polar surface area (TPSA) is 116 Å². The Bertz CT molecular complexity index is 811. The molecule has 2 saturated heterocycles. The molecule has 1 aromatic carbocycles. The molecule has 3 aliphatic heterocycles. The van der Waals surface area contributed by atoms with Gasteiger partial charge in [0.1, 0.15) is 6.04 Å². The summed E-state index contributed by atoms with van der Waals surface area (Å²) in [6, 6.07) is 5.04. The molecular formula is C19H24N4O4. The molecule has 3 aliphatic rings. The van der Waals surface area contributed by atoms with Crippen molar-refractivity contribution >= 4 is 17.7 Å². The van der Waals surface area contributed by atoms with Crippen molar-refractivity contribution in [3.05, 3.63) is 34.9 Å². The summed E-state index contributed by atoms with van der Waals surface area (Å²) in [7, 11) is 0. The number of aliphatic hydroxyl groups is 1. The summed E-state index contributed by atoms with van der Waals surface area (Å²) in [6.45, 7) is 2.39. The lowest BCUT2D eigenvalue weighted by molar-refractivity contribution is -0.136. The Kier molecular flexibility index (Phi) is 4.49. The Morgan fingerprint density at radius 3 is 2.81 bits per heavy atom. The second-order valence-electron chi connectivity index (χ2n) is 7.82. The van der Waals surface area contributed by atoms with Crippen LogP contribution < -0.4 is 11.1 Å². The maximum absolute atomic E-state index is 12.9. The number of carbonyl (C=O) groups excluding carboxylic acids is 3. The quantitative estimate of drug-likeness (QED) is 0.605. The largest absolute Gasteiger partial charge is 0.394 e. The molecule has 2 unspecified atom stereocenters. The zero-order valence-corrected chi connectivity index (χ0v) is 15.1. The van der Waals surface area contributed by atoms with Gasteiger partial charge in [0, 0.05) is 38.2 Å². The number of aliphatic hydroxyl groups excluding tert-OH is 1. The van der Waals surface area contributed by atoms with Crippen LogP contribution in [0, 0.1) is 0 Å². The average molecular weight is 372 g/mol. The van der Waals surface area contributed by atoms with Gasteiger partial charge >= 0.3 is 0 Å². The van der Waals surface area contributed by atoms with E-state index in [-0.39, 0.29) is 24.8 Å². The molecule has 2 atom stereocenters. The van der Waals surface area contributed by atoms with Crippen LogP contribution in [0.25, 0.3) is 0 Å². The highest BCUT2D eigenvalue weighted by atomic mass is 16.3. The van der Waals surface area contributed by atoms with Gasteiger partial charge in [-0.15, -0.1) is 0 Å². The number of hydrogen-bond acceptors (Lipinski definition) is 6. The van der Waals surface area contributed by atoms with Gasteiger partial charge in [0.15, 0.2) is 0 Å². The summed E-state index contributed by atoms with van der Waals surface area (Å²) < 4.78 is 0. The van der Waals surface area contributed by atoms with E-state index in [1.54, 1.807) is 11.0 Å². The van der Waals surface area contributed by atoms with Gasteiger partial charge in [0.25, 0.3) is 5.91 Å². The van der Waals surface area contributed by atoms with Crippen molar-refractivity contribution in [3.63, 3.8) is 0 Å². The van der Waals surface area contributed by atoms with Crippen molar-refractivity contribution in [1.29, 1.82) is 0 Å². The fraction of sp³-hybridized carbons (Fsp3) is 0.526. The predicted molar refractivity (Wildman–Crippen MR) is 96.4 cm³/mol. The molecule has 0 aliphatic carbocycles. The van der Waals surface area contributed by atoms with Gasteiger partial charge in [-0.1, -0.05) is 12.1 Å². The molecule has 144 valence electrons. The summed E-state index contributed by atoms with van der Waals surface area (Å²) in [5.41, 5.74) is 8.19. The van der Waals surface area contributed by atoms with E-state index >= 15 is 0 Å². The van der Waals surface area contributed by atoms with E-state index in [1.165, 1.54) is 0 Å². The van der Waals surface area contributed by atoms with E-state index in [0.29, 0.717) is 31.6 Å². The first-order chi connectivity index (χ1) is 12.9. The van der Waals surface area contributed by atoms with Crippen molar-refractivity contribution in [2.24, 2.45) is 5.73 Å². The predicted octanol–water partition coefficient (Wildman–Crippen LogP) is -0.657. The standard InChI is InChI=1S/C19H24N4O4/c20-19(11-24)6-7-22(10-19)8-12-2-1-3-13-14(12)9-23(18(13)27)15-4-5-16(25)21-17(15)26/h1-3,15,24H,4-11,20H2,(H,21,25,26). The number of benzene rings is 1. The molecule has 1 aromatic rings. The van der Waals surface area contributed by atoms with E-state index in [4.69, 9.17) is 5.73 Å². The molecule has 0 spiro atoms. The van der Waals surface area contributed by atoms with Gasteiger partial charge in [-0.3, -0.25) is 24.6 Å². The van der Waals surface area contributed by atoms with Crippen molar-refractivity contribution in [1.82, 2.24) is 15.1 Å². The number of nitrogens with one attached hydrogen (secondary N) is 1. The van der Waals surface area contributed by atoms with Crippen LogP contribution in [-0.4, -0.2) is 63.9 Å². The number of nitrogens with zero attached hydrogens (tertiary/aromatic N) is 2. The zero-order valence-electron chi connectivity index (χ0n) is 15.1. The van der Waals surface area contributed by atoms with Gasteiger partial charge < -0.3 is 15.7 Å². The maximum Gasteiger partial charge on any atom is 0.255 e. The van der Waals surface area contributed by atoms with Crippen molar-refractivity contribution in [2.45, 2.75) is 43.9 Å². The van der Waals surface area contributed by atoms with Crippen LogP contribution >= 0.6 is 0 Å². The molecule has 3 amide bonds. The molecule has 0 bridgehead atoms. The van der Waals surface area contributed by atoms with Crippen LogP contribution in [0.3, 0.4) is 0 Å². The van der Waals surface area contributed by atoms with Crippen LogP contribution in [0.4, 0.5) is 0 Å². The molecule has 4 rings (SSSR count). The first kappa shape index (κ1) is 18.1. The molecule has 4 N–H and O–H groups in total. The number of hydrogen-bond donors (Lipinski definition) is 3. The number of carbonyl (C=O) groups is 3. The molecule has 2 fully saturated rings. The second-order valence-corrected chi connectivity index (χ2v) is 7.82. The number of amides is 3.